The summed E-state index contributed by atoms with van der Waals surface area (Å²) < 4.78 is 0. The first-order valence-electron chi connectivity index (χ1n) is 6.48. The highest BCUT2D eigenvalue weighted by Crippen LogP contribution is 2.35. The fourth-order valence-corrected chi connectivity index (χ4v) is 2.86. The highest BCUT2D eigenvalue weighted by molar-refractivity contribution is 4.90. The number of hydrogen-bond acceptors (Lipinski definition) is 1. The van der Waals surface area contributed by atoms with Gasteiger partial charge >= 0.3 is 0 Å². The molecular weight excluding hydrogens is 182 g/mol. The molecule has 1 rings (SSSR count). The largest absolute Gasteiger partial charge is 0.314 e. The summed E-state index contributed by atoms with van der Waals surface area (Å²) in [5.74, 6) is 4.62. The summed E-state index contributed by atoms with van der Waals surface area (Å²) in [4.78, 5) is 0. The standard InChI is InChI=1S/C14H25N/c1-4-7-8-14(15-6-3)13-10-9-12(5-2)11-13/h1,12-15H,5-11H2,2-3H3. The minimum atomic E-state index is 0.669. The molecule has 0 aromatic carbocycles. The molecule has 0 saturated heterocycles. The molecule has 1 fully saturated rings. The molecule has 3 atom stereocenters. The van der Waals surface area contributed by atoms with Crippen LogP contribution in [0, 0.1) is 24.2 Å². The van der Waals surface area contributed by atoms with Crippen molar-refractivity contribution in [2.24, 2.45) is 11.8 Å². The van der Waals surface area contributed by atoms with Gasteiger partial charge in [0.05, 0.1) is 0 Å². The maximum absolute atomic E-state index is 5.35. The lowest BCUT2D eigenvalue weighted by Crippen LogP contribution is -2.35. The van der Waals surface area contributed by atoms with E-state index < -0.39 is 0 Å². The van der Waals surface area contributed by atoms with Crippen LogP contribution in [0.5, 0.6) is 0 Å². The van der Waals surface area contributed by atoms with Crippen LogP contribution in [0.15, 0.2) is 0 Å². The van der Waals surface area contributed by atoms with Gasteiger partial charge in [0.25, 0.3) is 0 Å². The van der Waals surface area contributed by atoms with Crippen LogP contribution in [0.3, 0.4) is 0 Å². The third-order valence-electron chi connectivity index (χ3n) is 3.79. The second-order valence-corrected chi connectivity index (χ2v) is 4.75. The maximum atomic E-state index is 5.35. The van der Waals surface area contributed by atoms with Gasteiger partial charge in [-0.05, 0) is 37.6 Å². The average molecular weight is 207 g/mol. The van der Waals surface area contributed by atoms with Crippen molar-refractivity contribution in [3.63, 3.8) is 0 Å². The minimum Gasteiger partial charge on any atom is -0.314 e. The van der Waals surface area contributed by atoms with Crippen LogP contribution in [0.4, 0.5) is 0 Å². The van der Waals surface area contributed by atoms with Gasteiger partial charge in [-0.1, -0.05) is 26.7 Å². The Kier molecular flexibility index (Phi) is 5.79. The van der Waals surface area contributed by atoms with Gasteiger partial charge in [0, 0.05) is 12.5 Å². The molecule has 0 aromatic heterocycles. The summed E-state index contributed by atoms with van der Waals surface area (Å²) in [5, 5.41) is 3.61. The van der Waals surface area contributed by atoms with Gasteiger partial charge < -0.3 is 5.32 Å². The fourth-order valence-electron chi connectivity index (χ4n) is 2.86. The molecule has 1 aliphatic rings. The van der Waals surface area contributed by atoms with E-state index in [1.54, 1.807) is 0 Å². The molecule has 0 amide bonds. The lowest BCUT2D eigenvalue weighted by molar-refractivity contribution is 0.337. The minimum absolute atomic E-state index is 0.669. The van der Waals surface area contributed by atoms with Gasteiger partial charge in [-0.25, -0.2) is 0 Å². The number of hydrogen-bond donors (Lipinski definition) is 1. The van der Waals surface area contributed by atoms with Crippen LogP contribution in [0.2, 0.25) is 0 Å². The van der Waals surface area contributed by atoms with Crippen LogP contribution in [0.25, 0.3) is 0 Å². The molecule has 0 spiro atoms. The second kappa shape index (κ2) is 6.90. The predicted molar refractivity (Wildman–Crippen MR) is 66.7 cm³/mol. The summed E-state index contributed by atoms with van der Waals surface area (Å²) in [6.07, 6.45) is 13.0. The monoisotopic (exact) mass is 207 g/mol. The van der Waals surface area contributed by atoms with Gasteiger partial charge in [-0.2, -0.15) is 0 Å². The van der Waals surface area contributed by atoms with Crippen molar-refractivity contribution in [1.29, 1.82) is 0 Å². The van der Waals surface area contributed by atoms with E-state index >= 15 is 0 Å². The van der Waals surface area contributed by atoms with Gasteiger partial charge in [-0.15, -0.1) is 12.3 Å². The van der Waals surface area contributed by atoms with Crippen LogP contribution < -0.4 is 5.32 Å². The molecule has 1 heteroatoms. The maximum Gasteiger partial charge on any atom is 0.0104 e. The van der Waals surface area contributed by atoms with E-state index in [9.17, 15) is 0 Å². The first kappa shape index (κ1) is 12.6. The Bertz CT molecular complexity index is 204. The number of rotatable bonds is 6. The zero-order valence-corrected chi connectivity index (χ0v) is 10.3. The molecule has 0 aliphatic heterocycles. The van der Waals surface area contributed by atoms with Crippen molar-refractivity contribution in [2.75, 3.05) is 6.54 Å². The predicted octanol–water partition coefficient (Wildman–Crippen LogP) is 3.20. The van der Waals surface area contributed by atoms with E-state index in [-0.39, 0.29) is 0 Å². The quantitative estimate of drug-likeness (QED) is 0.660. The van der Waals surface area contributed by atoms with Crippen molar-refractivity contribution in [3.05, 3.63) is 0 Å². The lowest BCUT2D eigenvalue weighted by Gasteiger charge is -2.24. The van der Waals surface area contributed by atoms with Crippen molar-refractivity contribution in [1.82, 2.24) is 5.32 Å². The van der Waals surface area contributed by atoms with Crippen molar-refractivity contribution >= 4 is 0 Å². The summed E-state index contributed by atoms with van der Waals surface area (Å²) in [6.45, 7) is 5.58. The number of terminal acetylenes is 1. The fraction of sp³-hybridized carbons (Fsp3) is 0.857. The molecule has 3 unspecified atom stereocenters. The van der Waals surface area contributed by atoms with E-state index in [1.807, 2.05) is 0 Å². The normalized spacial score (nSPS) is 27.5. The molecule has 0 aromatic rings. The highest BCUT2D eigenvalue weighted by Gasteiger charge is 2.28. The van der Waals surface area contributed by atoms with Gasteiger partial charge in [0.1, 0.15) is 0 Å². The van der Waals surface area contributed by atoms with Crippen molar-refractivity contribution in [3.8, 4) is 12.3 Å². The van der Waals surface area contributed by atoms with Crippen molar-refractivity contribution < 1.29 is 0 Å². The molecule has 1 saturated carbocycles. The van der Waals surface area contributed by atoms with Crippen molar-refractivity contribution in [2.45, 2.75) is 58.4 Å². The second-order valence-electron chi connectivity index (χ2n) is 4.75. The topological polar surface area (TPSA) is 12.0 Å². The smallest absolute Gasteiger partial charge is 0.0104 e. The van der Waals surface area contributed by atoms with E-state index in [4.69, 9.17) is 6.42 Å². The molecule has 1 aliphatic carbocycles. The first-order chi connectivity index (χ1) is 7.31. The SMILES string of the molecule is C#CCCC(NCC)C1CCC(CC)C1. The molecule has 0 radical (unpaired) electrons. The Balaban J connectivity index is 2.39. The van der Waals surface area contributed by atoms with Crippen LogP contribution >= 0.6 is 0 Å². The van der Waals surface area contributed by atoms with E-state index in [2.05, 4.69) is 25.1 Å². The zero-order chi connectivity index (χ0) is 11.1. The summed E-state index contributed by atoms with van der Waals surface area (Å²) in [7, 11) is 0. The lowest BCUT2D eigenvalue weighted by atomic mass is 9.92. The van der Waals surface area contributed by atoms with E-state index in [1.165, 1.54) is 25.7 Å². The molecule has 1 N–H and O–H groups in total. The Hall–Kier alpha value is -0.480. The van der Waals surface area contributed by atoms with E-state index in [0.717, 1.165) is 31.2 Å². The number of nitrogens with one attached hydrogen (secondary N) is 1. The van der Waals surface area contributed by atoms with Gasteiger partial charge in [0.2, 0.25) is 0 Å². The van der Waals surface area contributed by atoms with Gasteiger partial charge in [-0.3, -0.25) is 0 Å². The molecule has 86 valence electrons. The summed E-state index contributed by atoms with van der Waals surface area (Å²) in [6, 6.07) is 0.669. The van der Waals surface area contributed by atoms with Crippen LogP contribution in [0.1, 0.15) is 52.4 Å². The molecule has 0 heterocycles. The van der Waals surface area contributed by atoms with Crippen LogP contribution in [-0.4, -0.2) is 12.6 Å². The Morgan fingerprint density at radius 1 is 1.40 bits per heavy atom. The zero-order valence-electron chi connectivity index (χ0n) is 10.3. The van der Waals surface area contributed by atoms with Crippen LogP contribution in [-0.2, 0) is 0 Å². The summed E-state index contributed by atoms with van der Waals surface area (Å²) in [5.41, 5.74) is 0. The Morgan fingerprint density at radius 3 is 2.73 bits per heavy atom. The molecule has 0 bridgehead atoms. The molecule has 1 nitrogen and oxygen atoms in total. The first-order valence-corrected chi connectivity index (χ1v) is 6.48. The van der Waals surface area contributed by atoms with Gasteiger partial charge in [0.15, 0.2) is 0 Å². The Labute approximate surface area is 95.0 Å². The third kappa shape index (κ3) is 3.87. The third-order valence-corrected chi connectivity index (χ3v) is 3.79. The molecule has 15 heavy (non-hydrogen) atoms. The Morgan fingerprint density at radius 2 is 2.20 bits per heavy atom. The average Bonchev–Trinajstić information content (AvgIpc) is 2.72. The molecular formula is C14H25N. The van der Waals surface area contributed by atoms with E-state index in [0.29, 0.717) is 6.04 Å². The summed E-state index contributed by atoms with van der Waals surface area (Å²) >= 11 is 0. The highest BCUT2D eigenvalue weighted by atomic mass is 14.9.